The molecular weight excluding hydrogens is 204 g/mol. The Bertz CT molecular complexity index is 188. The maximum absolute atomic E-state index is 11.5. The van der Waals surface area contributed by atoms with Gasteiger partial charge in [-0.15, -0.1) is 12.4 Å². The van der Waals surface area contributed by atoms with Crippen LogP contribution in [0.1, 0.15) is 20.3 Å². The van der Waals surface area contributed by atoms with Gasteiger partial charge in [0.2, 0.25) is 5.91 Å². The van der Waals surface area contributed by atoms with Crippen molar-refractivity contribution in [2.45, 2.75) is 38.5 Å². The average Bonchev–Trinajstić information content (AvgIpc) is 2.50. The molecule has 1 heterocycles. The quantitative estimate of drug-likeness (QED) is 0.723. The van der Waals surface area contributed by atoms with Crippen molar-refractivity contribution in [2.24, 2.45) is 0 Å². The minimum Gasteiger partial charge on any atom is -0.380 e. The molecule has 84 valence electrons. The Hall–Kier alpha value is -0.320. The third-order valence-corrected chi connectivity index (χ3v) is 2.17. The van der Waals surface area contributed by atoms with Gasteiger partial charge in [0.05, 0.1) is 12.1 Å². The van der Waals surface area contributed by atoms with E-state index in [1.807, 2.05) is 13.8 Å². The van der Waals surface area contributed by atoms with E-state index < -0.39 is 0 Å². The molecule has 1 aliphatic heterocycles. The Labute approximate surface area is 91.2 Å². The van der Waals surface area contributed by atoms with Crippen LogP contribution in [0.25, 0.3) is 0 Å². The molecule has 1 rings (SSSR count). The molecule has 0 aliphatic carbocycles. The summed E-state index contributed by atoms with van der Waals surface area (Å²) in [6, 6.07) is 0.128. The summed E-state index contributed by atoms with van der Waals surface area (Å²) < 4.78 is 5.15. The first-order valence-electron chi connectivity index (χ1n) is 4.70. The summed E-state index contributed by atoms with van der Waals surface area (Å²) in [5, 5.41) is 6.00. The summed E-state index contributed by atoms with van der Waals surface area (Å²) in [6.45, 7) is 4.69. The van der Waals surface area contributed by atoms with Crippen LogP contribution in [0.5, 0.6) is 0 Å². The zero-order chi connectivity index (χ0) is 9.84. The maximum Gasteiger partial charge on any atom is 0.237 e. The van der Waals surface area contributed by atoms with E-state index in [-0.39, 0.29) is 36.5 Å². The molecule has 0 aromatic heterocycles. The Kier molecular flexibility index (Phi) is 6.08. The number of rotatable bonds is 3. The van der Waals surface area contributed by atoms with Crippen molar-refractivity contribution >= 4 is 18.3 Å². The summed E-state index contributed by atoms with van der Waals surface area (Å²) in [7, 11) is 1.68. The van der Waals surface area contributed by atoms with E-state index in [0.29, 0.717) is 0 Å². The van der Waals surface area contributed by atoms with E-state index in [0.717, 1.165) is 13.0 Å². The van der Waals surface area contributed by atoms with Gasteiger partial charge in [-0.3, -0.25) is 4.79 Å². The predicted octanol–water partition coefficient (Wildman–Crippen LogP) is 0.310. The lowest BCUT2D eigenvalue weighted by Gasteiger charge is -2.13. The lowest BCUT2D eigenvalue weighted by atomic mass is 10.2. The first kappa shape index (κ1) is 13.7. The monoisotopic (exact) mass is 222 g/mol. The molecule has 0 unspecified atom stereocenters. The average molecular weight is 223 g/mol. The van der Waals surface area contributed by atoms with Gasteiger partial charge in [-0.25, -0.2) is 0 Å². The van der Waals surface area contributed by atoms with E-state index >= 15 is 0 Å². The van der Waals surface area contributed by atoms with Crippen molar-refractivity contribution in [3.63, 3.8) is 0 Å². The standard InChI is InChI=1S/C9H18N2O2.ClH/c1-6(2)11-9(12)8-4-7(13-3)5-10-8;/h6-8,10H,4-5H2,1-3H3,(H,11,12);1H/t7-,8+;/m1./s1. The number of hydrogen-bond acceptors (Lipinski definition) is 3. The number of halogens is 1. The number of hydrogen-bond donors (Lipinski definition) is 2. The van der Waals surface area contributed by atoms with E-state index in [2.05, 4.69) is 10.6 Å². The number of carbonyl (C=O) groups is 1. The molecule has 4 nitrogen and oxygen atoms in total. The van der Waals surface area contributed by atoms with Crippen LogP contribution in [0.2, 0.25) is 0 Å². The second kappa shape index (κ2) is 6.22. The van der Waals surface area contributed by atoms with Gasteiger partial charge in [-0.05, 0) is 20.3 Å². The largest absolute Gasteiger partial charge is 0.380 e. The minimum absolute atomic E-state index is 0. The van der Waals surface area contributed by atoms with E-state index in [9.17, 15) is 4.79 Å². The topological polar surface area (TPSA) is 50.4 Å². The molecule has 0 aromatic carbocycles. The lowest BCUT2D eigenvalue weighted by Crippen LogP contribution is -2.43. The van der Waals surface area contributed by atoms with Gasteiger partial charge in [-0.2, -0.15) is 0 Å². The smallest absolute Gasteiger partial charge is 0.237 e. The molecular formula is C9H19ClN2O2. The summed E-state index contributed by atoms with van der Waals surface area (Å²) >= 11 is 0. The highest BCUT2D eigenvalue weighted by Gasteiger charge is 2.29. The third kappa shape index (κ3) is 3.82. The molecule has 1 amide bonds. The predicted molar refractivity (Wildman–Crippen MR) is 57.7 cm³/mol. The molecule has 0 bridgehead atoms. The first-order chi connectivity index (χ1) is 6.13. The normalized spacial score (nSPS) is 26.0. The van der Waals surface area contributed by atoms with Crippen LogP contribution in [0.4, 0.5) is 0 Å². The van der Waals surface area contributed by atoms with Crippen LogP contribution in [0.15, 0.2) is 0 Å². The van der Waals surface area contributed by atoms with Gasteiger partial charge in [0.25, 0.3) is 0 Å². The molecule has 0 radical (unpaired) electrons. The van der Waals surface area contributed by atoms with Crippen molar-refractivity contribution in [1.82, 2.24) is 10.6 Å². The van der Waals surface area contributed by atoms with Crippen molar-refractivity contribution in [1.29, 1.82) is 0 Å². The molecule has 2 atom stereocenters. The lowest BCUT2D eigenvalue weighted by molar-refractivity contribution is -0.123. The van der Waals surface area contributed by atoms with Gasteiger partial charge >= 0.3 is 0 Å². The SMILES string of the molecule is CO[C@H]1CN[C@H](C(=O)NC(C)C)C1.Cl. The highest BCUT2D eigenvalue weighted by molar-refractivity contribution is 5.85. The van der Waals surface area contributed by atoms with Crippen molar-refractivity contribution < 1.29 is 9.53 Å². The zero-order valence-corrected chi connectivity index (χ0v) is 9.69. The maximum atomic E-state index is 11.5. The minimum atomic E-state index is -0.0765. The Morgan fingerprint density at radius 3 is 2.64 bits per heavy atom. The van der Waals surface area contributed by atoms with Crippen molar-refractivity contribution in [3.05, 3.63) is 0 Å². The van der Waals surface area contributed by atoms with Crippen LogP contribution in [-0.2, 0) is 9.53 Å². The molecule has 1 aliphatic rings. The van der Waals surface area contributed by atoms with Crippen molar-refractivity contribution in [2.75, 3.05) is 13.7 Å². The van der Waals surface area contributed by atoms with Gasteiger partial charge in [-0.1, -0.05) is 0 Å². The van der Waals surface area contributed by atoms with Gasteiger partial charge in [0, 0.05) is 19.7 Å². The van der Waals surface area contributed by atoms with E-state index in [1.54, 1.807) is 7.11 Å². The number of amides is 1. The molecule has 14 heavy (non-hydrogen) atoms. The molecule has 5 heteroatoms. The Morgan fingerprint density at radius 2 is 2.21 bits per heavy atom. The third-order valence-electron chi connectivity index (χ3n) is 2.17. The number of methoxy groups -OCH3 is 1. The Balaban J connectivity index is 0.00000169. The molecule has 0 spiro atoms. The summed E-state index contributed by atoms with van der Waals surface area (Å²) in [6.07, 6.45) is 0.956. The molecule has 0 aromatic rings. The van der Waals surface area contributed by atoms with Crippen LogP contribution in [0, 0.1) is 0 Å². The van der Waals surface area contributed by atoms with E-state index in [4.69, 9.17) is 4.74 Å². The summed E-state index contributed by atoms with van der Waals surface area (Å²) in [5.41, 5.74) is 0. The summed E-state index contributed by atoms with van der Waals surface area (Å²) in [5.74, 6) is 0.0783. The number of nitrogens with one attached hydrogen (secondary N) is 2. The highest BCUT2D eigenvalue weighted by Crippen LogP contribution is 2.09. The Morgan fingerprint density at radius 1 is 1.57 bits per heavy atom. The number of ether oxygens (including phenoxy) is 1. The second-order valence-electron chi connectivity index (χ2n) is 3.72. The molecule has 1 fully saturated rings. The fraction of sp³-hybridized carbons (Fsp3) is 0.889. The van der Waals surface area contributed by atoms with Gasteiger partial charge in [0.15, 0.2) is 0 Å². The summed E-state index contributed by atoms with van der Waals surface area (Å²) in [4.78, 5) is 11.5. The van der Waals surface area contributed by atoms with Crippen molar-refractivity contribution in [3.8, 4) is 0 Å². The van der Waals surface area contributed by atoms with Crippen LogP contribution >= 0.6 is 12.4 Å². The van der Waals surface area contributed by atoms with E-state index in [1.165, 1.54) is 0 Å². The van der Waals surface area contributed by atoms with Gasteiger partial charge in [0.1, 0.15) is 0 Å². The fourth-order valence-corrected chi connectivity index (χ4v) is 1.47. The first-order valence-corrected chi connectivity index (χ1v) is 4.70. The molecule has 0 saturated carbocycles. The second-order valence-corrected chi connectivity index (χ2v) is 3.72. The molecule has 2 N–H and O–H groups in total. The molecule has 1 saturated heterocycles. The van der Waals surface area contributed by atoms with Crippen LogP contribution in [0.3, 0.4) is 0 Å². The van der Waals surface area contributed by atoms with Gasteiger partial charge < -0.3 is 15.4 Å². The van der Waals surface area contributed by atoms with Crippen LogP contribution < -0.4 is 10.6 Å². The highest BCUT2D eigenvalue weighted by atomic mass is 35.5. The zero-order valence-electron chi connectivity index (χ0n) is 8.87. The fourth-order valence-electron chi connectivity index (χ4n) is 1.47. The van der Waals surface area contributed by atoms with Crippen LogP contribution in [-0.4, -0.2) is 37.7 Å². The number of carbonyl (C=O) groups excluding carboxylic acids is 1.